The van der Waals surface area contributed by atoms with E-state index in [1.807, 2.05) is 0 Å². The van der Waals surface area contributed by atoms with E-state index in [4.69, 9.17) is 16.6 Å². The first kappa shape index (κ1) is 17.7. The molecule has 0 saturated heterocycles. The molecule has 0 aliphatic carbocycles. The molecule has 4 nitrogen and oxygen atoms in total. The van der Waals surface area contributed by atoms with Crippen LogP contribution in [0.5, 0.6) is 0 Å². The third-order valence-electron chi connectivity index (χ3n) is 2.87. The monoisotopic (exact) mass is 353 g/mol. The van der Waals surface area contributed by atoms with Gasteiger partial charge < -0.3 is 9.73 Å². The van der Waals surface area contributed by atoms with Gasteiger partial charge in [0.05, 0.1) is 11.8 Å². The van der Waals surface area contributed by atoms with E-state index in [1.54, 1.807) is 24.3 Å². The Kier molecular flexibility index (Phi) is 5.75. The Morgan fingerprint density at radius 1 is 1.29 bits per heavy atom. The van der Waals surface area contributed by atoms with Crippen molar-refractivity contribution in [2.75, 3.05) is 6.54 Å². The van der Waals surface area contributed by atoms with Gasteiger partial charge in [-0.05, 0) is 36.5 Å². The zero-order chi connectivity index (χ0) is 17.6. The predicted octanol–water partition coefficient (Wildman–Crippen LogP) is 3.95. The number of nitrogens with zero attached hydrogens (tertiary/aromatic N) is 1. The zero-order valence-corrected chi connectivity index (χ0v) is 13.2. The number of hydrogen-bond acceptors (Lipinski definition) is 3. The van der Waals surface area contributed by atoms with Gasteiger partial charge in [-0.1, -0.05) is 18.2 Å². The van der Waals surface area contributed by atoms with Gasteiger partial charge in [0.25, 0.3) is 0 Å². The highest BCUT2D eigenvalue weighted by Gasteiger charge is 2.30. The summed E-state index contributed by atoms with van der Waals surface area (Å²) in [7, 11) is 0. The molecule has 1 aromatic carbocycles. The van der Waals surface area contributed by atoms with Gasteiger partial charge in [0.2, 0.25) is 0 Å². The summed E-state index contributed by atoms with van der Waals surface area (Å²) in [6.45, 7) is 4.04. The van der Waals surface area contributed by atoms with E-state index < -0.39 is 11.7 Å². The number of hydrogen-bond donors (Lipinski definition) is 2. The molecule has 126 valence electrons. The fourth-order valence-corrected chi connectivity index (χ4v) is 1.92. The van der Waals surface area contributed by atoms with E-state index in [0.29, 0.717) is 28.7 Å². The van der Waals surface area contributed by atoms with Crippen LogP contribution in [-0.4, -0.2) is 17.9 Å². The van der Waals surface area contributed by atoms with Crippen molar-refractivity contribution >= 4 is 23.5 Å². The first-order valence-corrected chi connectivity index (χ1v) is 7.26. The van der Waals surface area contributed by atoms with Gasteiger partial charge >= 0.3 is 6.18 Å². The number of nitrogens with one attached hydrogen (secondary N) is 2. The van der Waals surface area contributed by atoms with Gasteiger partial charge in [0, 0.05) is 12.1 Å². The Balaban J connectivity index is 2.05. The summed E-state index contributed by atoms with van der Waals surface area (Å²) in [5.74, 6) is 0.691. The topological polar surface area (TPSA) is 49.6 Å². The van der Waals surface area contributed by atoms with Crippen LogP contribution in [0.15, 0.2) is 58.6 Å². The van der Waals surface area contributed by atoms with Crippen molar-refractivity contribution in [3.8, 4) is 11.3 Å². The number of alkyl halides is 3. The molecule has 0 aliphatic heterocycles. The molecule has 0 saturated carbocycles. The maximum Gasteiger partial charge on any atom is 0.416 e. The zero-order valence-electron chi connectivity index (χ0n) is 12.4. The highest BCUT2D eigenvalue weighted by molar-refractivity contribution is 7.80. The molecule has 2 aromatic rings. The molecule has 8 heteroatoms. The summed E-state index contributed by atoms with van der Waals surface area (Å²) in [5, 5.41) is 7.01. The van der Waals surface area contributed by atoms with Crippen molar-refractivity contribution in [3.63, 3.8) is 0 Å². The molecule has 0 amide bonds. The van der Waals surface area contributed by atoms with Crippen LogP contribution in [0.25, 0.3) is 11.3 Å². The molecule has 0 aliphatic rings. The summed E-state index contributed by atoms with van der Waals surface area (Å²) in [4.78, 5) is 0. The summed E-state index contributed by atoms with van der Waals surface area (Å²) in [5.41, 5.74) is 2.18. The molecular weight excluding hydrogens is 339 g/mol. The van der Waals surface area contributed by atoms with Crippen molar-refractivity contribution in [1.82, 2.24) is 10.7 Å². The molecule has 0 bridgehead atoms. The number of thiocarbonyl (C=S) groups is 1. The lowest BCUT2D eigenvalue weighted by Crippen LogP contribution is -2.31. The van der Waals surface area contributed by atoms with Crippen LogP contribution in [-0.2, 0) is 6.18 Å². The molecule has 1 heterocycles. The maximum atomic E-state index is 12.7. The fourth-order valence-electron chi connectivity index (χ4n) is 1.79. The Hall–Kier alpha value is -2.61. The summed E-state index contributed by atoms with van der Waals surface area (Å²) < 4.78 is 43.7. The molecule has 24 heavy (non-hydrogen) atoms. The van der Waals surface area contributed by atoms with Gasteiger partial charge in [-0.25, -0.2) is 0 Å². The quantitative estimate of drug-likeness (QED) is 0.370. The van der Waals surface area contributed by atoms with Crippen LogP contribution >= 0.6 is 12.2 Å². The van der Waals surface area contributed by atoms with Gasteiger partial charge in [-0.15, -0.1) is 6.58 Å². The molecule has 2 rings (SSSR count). The highest BCUT2D eigenvalue weighted by atomic mass is 32.1. The minimum atomic E-state index is -4.40. The van der Waals surface area contributed by atoms with Crippen LogP contribution in [0, 0.1) is 0 Å². The van der Waals surface area contributed by atoms with E-state index in [0.717, 1.165) is 12.1 Å². The minimum absolute atomic E-state index is 0.315. The third-order valence-corrected chi connectivity index (χ3v) is 3.10. The Morgan fingerprint density at radius 2 is 2.08 bits per heavy atom. The van der Waals surface area contributed by atoms with E-state index in [1.165, 1.54) is 12.3 Å². The molecule has 0 unspecified atom stereocenters. The summed E-state index contributed by atoms with van der Waals surface area (Å²) in [6.07, 6.45) is -1.38. The van der Waals surface area contributed by atoms with Crippen molar-refractivity contribution in [1.29, 1.82) is 0 Å². The molecule has 0 atom stereocenters. The van der Waals surface area contributed by atoms with E-state index in [-0.39, 0.29) is 0 Å². The smallest absolute Gasteiger partial charge is 0.416 e. The molecule has 2 N–H and O–H groups in total. The van der Waals surface area contributed by atoms with Crippen molar-refractivity contribution in [2.45, 2.75) is 6.18 Å². The van der Waals surface area contributed by atoms with E-state index >= 15 is 0 Å². The van der Waals surface area contributed by atoms with Crippen molar-refractivity contribution in [2.24, 2.45) is 5.10 Å². The molecule has 0 radical (unpaired) electrons. The van der Waals surface area contributed by atoms with Gasteiger partial charge in [-0.2, -0.15) is 18.3 Å². The maximum absolute atomic E-state index is 12.7. The average molecular weight is 353 g/mol. The number of furan rings is 1. The Bertz CT molecular complexity index is 753. The Labute approximate surface area is 142 Å². The van der Waals surface area contributed by atoms with Crippen LogP contribution in [0.2, 0.25) is 0 Å². The minimum Gasteiger partial charge on any atom is -0.455 e. The van der Waals surface area contributed by atoms with Crippen LogP contribution in [0.4, 0.5) is 13.2 Å². The lowest BCUT2D eigenvalue weighted by molar-refractivity contribution is -0.137. The highest BCUT2D eigenvalue weighted by Crippen LogP contribution is 2.32. The Morgan fingerprint density at radius 3 is 2.79 bits per heavy atom. The van der Waals surface area contributed by atoms with E-state index in [9.17, 15) is 13.2 Å². The molecule has 1 aromatic heterocycles. The second-order valence-corrected chi connectivity index (χ2v) is 5.06. The number of benzene rings is 1. The van der Waals surface area contributed by atoms with Crippen molar-refractivity contribution < 1.29 is 17.6 Å². The first-order valence-electron chi connectivity index (χ1n) is 6.85. The number of halogens is 3. The summed E-state index contributed by atoms with van der Waals surface area (Å²) in [6, 6.07) is 8.09. The lowest BCUT2D eigenvalue weighted by Gasteiger charge is -2.07. The normalized spacial score (nSPS) is 11.5. The standard InChI is InChI=1S/C16H14F3N3OS/c1-2-8-20-15(24)22-21-10-13-6-7-14(23-13)11-4-3-5-12(9-11)16(17,18)19/h2-7,9-10H,1,8H2,(H2,20,22,24). The second kappa shape index (κ2) is 7.78. The van der Waals surface area contributed by atoms with Gasteiger partial charge in [0.15, 0.2) is 5.11 Å². The summed E-state index contributed by atoms with van der Waals surface area (Å²) >= 11 is 4.94. The average Bonchev–Trinajstić information content (AvgIpc) is 3.01. The molecule has 0 spiro atoms. The van der Waals surface area contributed by atoms with Gasteiger partial charge in [0.1, 0.15) is 11.5 Å². The molecular formula is C16H14F3N3OS. The largest absolute Gasteiger partial charge is 0.455 e. The first-order chi connectivity index (χ1) is 11.4. The third kappa shape index (κ3) is 4.95. The number of hydrazone groups is 1. The molecule has 0 fully saturated rings. The van der Waals surface area contributed by atoms with Crippen LogP contribution in [0.3, 0.4) is 0 Å². The second-order valence-electron chi connectivity index (χ2n) is 4.65. The van der Waals surface area contributed by atoms with Crippen LogP contribution < -0.4 is 10.7 Å². The SMILES string of the molecule is C=CCNC(=S)NN=Cc1ccc(-c2cccc(C(F)(F)F)c2)o1. The van der Waals surface area contributed by atoms with E-state index in [2.05, 4.69) is 22.4 Å². The fraction of sp³-hybridized carbons (Fsp3) is 0.125. The van der Waals surface area contributed by atoms with Crippen molar-refractivity contribution in [3.05, 3.63) is 60.4 Å². The predicted molar refractivity (Wildman–Crippen MR) is 90.7 cm³/mol. The van der Waals surface area contributed by atoms with Gasteiger partial charge in [-0.3, -0.25) is 5.43 Å². The lowest BCUT2D eigenvalue weighted by atomic mass is 10.1. The number of rotatable bonds is 5. The van der Waals surface area contributed by atoms with Crippen LogP contribution in [0.1, 0.15) is 11.3 Å².